The molecule has 28 heavy (non-hydrogen) atoms. The van der Waals surface area contributed by atoms with E-state index < -0.39 is 0 Å². The van der Waals surface area contributed by atoms with E-state index in [0.29, 0.717) is 24.0 Å². The number of amides is 1. The fourth-order valence-corrected chi connectivity index (χ4v) is 3.45. The largest absolute Gasteiger partial charge is 0.416 e. The molecule has 4 aromatic rings. The third-order valence-electron chi connectivity index (χ3n) is 3.92. The summed E-state index contributed by atoms with van der Waals surface area (Å²) < 4.78 is 6.57. The Morgan fingerprint density at radius 2 is 1.93 bits per heavy atom. The highest BCUT2D eigenvalue weighted by Gasteiger charge is 2.11. The maximum Gasteiger partial charge on any atom is 0.277 e. The van der Waals surface area contributed by atoms with Gasteiger partial charge in [-0.25, -0.2) is 4.98 Å². The van der Waals surface area contributed by atoms with E-state index in [4.69, 9.17) is 4.42 Å². The minimum absolute atomic E-state index is 0.130. The number of hydrogen-bond donors (Lipinski definition) is 2. The molecule has 9 heteroatoms. The van der Waals surface area contributed by atoms with E-state index in [1.165, 1.54) is 11.8 Å². The van der Waals surface area contributed by atoms with Crippen molar-refractivity contribution in [2.24, 2.45) is 0 Å². The minimum Gasteiger partial charge on any atom is -0.416 e. The monoisotopic (exact) mass is 457 g/mol. The molecule has 2 N–H and O–H groups in total. The van der Waals surface area contributed by atoms with Crippen LogP contribution in [0, 0.1) is 0 Å². The number of fused-ring (bicyclic) bond motifs is 1. The van der Waals surface area contributed by atoms with Crippen LogP contribution in [0.15, 0.2) is 62.6 Å². The zero-order valence-corrected chi connectivity index (χ0v) is 17.1. The highest BCUT2D eigenvalue weighted by molar-refractivity contribution is 9.10. The van der Waals surface area contributed by atoms with Crippen LogP contribution in [0.1, 0.15) is 11.7 Å². The third kappa shape index (κ3) is 4.79. The van der Waals surface area contributed by atoms with Crippen LogP contribution in [0.2, 0.25) is 0 Å². The van der Waals surface area contributed by atoms with Crippen molar-refractivity contribution in [1.82, 2.24) is 20.2 Å². The molecule has 0 spiro atoms. The molecule has 0 fully saturated rings. The van der Waals surface area contributed by atoms with Gasteiger partial charge in [0.05, 0.1) is 16.8 Å². The maximum absolute atomic E-state index is 12.0. The number of carbonyl (C=O) groups excluding carboxylic acids is 1. The molecule has 2 heterocycles. The van der Waals surface area contributed by atoms with Gasteiger partial charge in [-0.3, -0.25) is 4.79 Å². The fraction of sp³-hybridized carbons (Fsp3) is 0.158. The summed E-state index contributed by atoms with van der Waals surface area (Å²) in [5.41, 5.74) is 2.69. The van der Waals surface area contributed by atoms with Crippen molar-refractivity contribution in [3.8, 4) is 0 Å². The van der Waals surface area contributed by atoms with Crippen LogP contribution in [0.25, 0.3) is 11.0 Å². The highest BCUT2D eigenvalue weighted by atomic mass is 79.9. The lowest BCUT2D eigenvalue weighted by Crippen LogP contribution is -2.13. The summed E-state index contributed by atoms with van der Waals surface area (Å²) in [7, 11) is 0. The number of anilines is 1. The summed E-state index contributed by atoms with van der Waals surface area (Å²) in [6, 6.07) is 15.3. The molecule has 0 radical (unpaired) electrons. The lowest BCUT2D eigenvalue weighted by atomic mass is 10.3. The molecule has 0 saturated heterocycles. The van der Waals surface area contributed by atoms with Crippen molar-refractivity contribution in [1.29, 1.82) is 0 Å². The summed E-state index contributed by atoms with van der Waals surface area (Å²) in [5.74, 6) is 1.47. The lowest BCUT2D eigenvalue weighted by Gasteiger charge is -2.03. The molecule has 142 valence electrons. The first-order valence-electron chi connectivity index (χ1n) is 8.60. The number of benzene rings is 2. The Hall–Kier alpha value is -2.65. The molecule has 0 unspecified atom stereocenters. The third-order valence-corrected chi connectivity index (χ3v) is 5.26. The average molecular weight is 458 g/mol. The number of H-pyrrole nitrogens is 1. The van der Waals surface area contributed by atoms with Crippen LogP contribution in [0.4, 0.5) is 5.69 Å². The molecule has 7 nitrogen and oxygen atoms in total. The van der Waals surface area contributed by atoms with Gasteiger partial charge in [-0.15, -0.1) is 10.2 Å². The first-order valence-corrected chi connectivity index (χ1v) is 10.4. The maximum atomic E-state index is 12.0. The number of imidazole rings is 1. The molecule has 1 amide bonds. The van der Waals surface area contributed by atoms with Crippen LogP contribution in [0.3, 0.4) is 0 Å². The van der Waals surface area contributed by atoms with Gasteiger partial charge in [0.1, 0.15) is 5.82 Å². The summed E-state index contributed by atoms with van der Waals surface area (Å²) in [6.45, 7) is 0. The van der Waals surface area contributed by atoms with Gasteiger partial charge in [-0.05, 0) is 36.4 Å². The van der Waals surface area contributed by atoms with Crippen LogP contribution < -0.4 is 5.32 Å². The molecule has 2 aromatic heterocycles. The van der Waals surface area contributed by atoms with Gasteiger partial charge in [0.25, 0.3) is 5.22 Å². The molecule has 0 aliphatic heterocycles. The number of nitrogens with zero attached hydrogens (tertiary/aromatic N) is 3. The molecular weight excluding hydrogens is 442 g/mol. The van der Waals surface area contributed by atoms with E-state index in [2.05, 4.69) is 41.4 Å². The molecule has 0 aliphatic rings. The van der Waals surface area contributed by atoms with Crippen molar-refractivity contribution >= 4 is 50.3 Å². The standard InChI is InChI=1S/C19H16BrN5O2S/c20-12-5-7-13(8-6-12)21-17(26)11-28-19-25-24-18(27-19)10-9-16-22-14-3-1-2-4-15(14)23-16/h1-8H,9-11H2,(H,21,26)(H,22,23). The van der Waals surface area contributed by atoms with Gasteiger partial charge < -0.3 is 14.7 Å². The number of para-hydroxylation sites is 2. The summed E-state index contributed by atoms with van der Waals surface area (Å²) in [6.07, 6.45) is 1.25. The van der Waals surface area contributed by atoms with Crippen LogP contribution in [-0.2, 0) is 17.6 Å². The Kier molecular flexibility index (Phi) is 5.73. The predicted octanol–water partition coefficient (Wildman–Crippen LogP) is 4.22. The second-order valence-electron chi connectivity index (χ2n) is 6.01. The Morgan fingerprint density at radius 1 is 1.11 bits per heavy atom. The van der Waals surface area contributed by atoms with Crippen molar-refractivity contribution in [2.75, 3.05) is 11.1 Å². The van der Waals surface area contributed by atoms with Gasteiger partial charge >= 0.3 is 0 Å². The first kappa shape index (κ1) is 18.7. The number of aromatic amines is 1. The van der Waals surface area contributed by atoms with Crippen molar-refractivity contribution in [2.45, 2.75) is 18.1 Å². The highest BCUT2D eigenvalue weighted by Crippen LogP contribution is 2.19. The molecular formula is C19H16BrN5O2S. The SMILES string of the molecule is O=C(CSc1nnc(CCc2nc3ccccc3[nH]2)o1)Nc1ccc(Br)cc1. The number of hydrogen-bond acceptors (Lipinski definition) is 6. The van der Waals surface area contributed by atoms with Gasteiger partial charge in [0.2, 0.25) is 11.8 Å². The van der Waals surface area contributed by atoms with Gasteiger partial charge in [0, 0.05) is 23.0 Å². The summed E-state index contributed by atoms with van der Waals surface area (Å²) >= 11 is 4.57. The molecule has 4 rings (SSSR count). The Bertz CT molecular complexity index is 1060. The van der Waals surface area contributed by atoms with E-state index in [1.807, 2.05) is 48.5 Å². The number of rotatable bonds is 7. The molecule has 0 aliphatic carbocycles. The fourth-order valence-electron chi connectivity index (χ4n) is 2.60. The van der Waals surface area contributed by atoms with E-state index >= 15 is 0 Å². The van der Waals surface area contributed by atoms with Gasteiger partial charge in [0.15, 0.2) is 0 Å². The number of thioether (sulfide) groups is 1. The van der Waals surface area contributed by atoms with Gasteiger partial charge in [-0.2, -0.15) is 0 Å². The van der Waals surface area contributed by atoms with Gasteiger partial charge in [-0.1, -0.05) is 39.8 Å². The van der Waals surface area contributed by atoms with Crippen molar-refractivity contribution in [3.63, 3.8) is 0 Å². The number of aromatic nitrogens is 4. The zero-order chi connectivity index (χ0) is 19.3. The molecule has 0 atom stereocenters. The normalized spacial score (nSPS) is 11.0. The Morgan fingerprint density at radius 3 is 2.75 bits per heavy atom. The van der Waals surface area contributed by atoms with Crippen molar-refractivity contribution < 1.29 is 9.21 Å². The van der Waals surface area contributed by atoms with E-state index in [-0.39, 0.29) is 11.7 Å². The predicted molar refractivity (Wildman–Crippen MR) is 111 cm³/mol. The van der Waals surface area contributed by atoms with E-state index in [9.17, 15) is 4.79 Å². The van der Waals surface area contributed by atoms with Crippen molar-refractivity contribution in [3.05, 3.63) is 64.7 Å². The Balaban J connectivity index is 1.26. The molecule has 0 bridgehead atoms. The zero-order valence-electron chi connectivity index (χ0n) is 14.7. The number of aryl methyl sites for hydroxylation is 2. The molecule has 2 aromatic carbocycles. The summed E-state index contributed by atoms with van der Waals surface area (Å²) in [4.78, 5) is 19.8. The number of nitrogens with one attached hydrogen (secondary N) is 2. The minimum atomic E-state index is -0.130. The van der Waals surface area contributed by atoms with Crippen LogP contribution in [0.5, 0.6) is 0 Å². The smallest absolute Gasteiger partial charge is 0.277 e. The quantitative estimate of drug-likeness (QED) is 0.403. The first-order chi connectivity index (χ1) is 13.7. The van der Waals surface area contributed by atoms with E-state index in [1.54, 1.807) is 0 Å². The number of carbonyl (C=O) groups is 1. The second-order valence-corrected chi connectivity index (χ2v) is 7.85. The molecule has 0 saturated carbocycles. The number of halogens is 1. The van der Waals surface area contributed by atoms with E-state index in [0.717, 1.165) is 27.0 Å². The average Bonchev–Trinajstić information content (AvgIpc) is 3.33. The topological polar surface area (TPSA) is 96.7 Å². The lowest BCUT2D eigenvalue weighted by molar-refractivity contribution is -0.113. The summed E-state index contributed by atoms with van der Waals surface area (Å²) in [5, 5.41) is 11.2. The second kappa shape index (κ2) is 8.57. The Labute approximate surface area is 173 Å². The van der Waals surface area contributed by atoms with Crippen LogP contribution >= 0.6 is 27.7 Å². The van der Waals surface area contributed by atoms with Crippen LogP contribution in [-0.4, -0.2) is 31.8 Å².